The SMILES string of the molecule is Cc1cccc(NC(=O)N2C[C@@H](N)[C@H](c3cn(C)cn3)C2)n1. The number of amides is 2. The number of pyridine rings is 1. The van der Waals surface area contributed by atoms with E-state index in [9.17, 15) is 4.79 Å². The van der Waals surface area contributed by atoms with Gasteiger partial charge in [-0.05, 0) is 19.1 Å². The lowest BCUT2D eigenvalue weighted by Gasteiger charge is -2.16. The van der Waals surface area contributed by atoms with Crippen LogP contribution in [0.1, 0.15) is 17.3 Å². The normalized spacial score (nSPS) is 21.1. The number of aryl methyl sites for hydroxylation is 2. The lowest BCUT2D eigenvalue weighted by molar-refractivity contribution is 0.221. The summed E-state index contributed by atoms with van der Waals surface area (Å²) in [6, 6.07) is 5.25. The predicted octanol–water partition coefficient (Wildman–Crippen LogP) is 1.08. The summed E-state index contributed by atoms with van der Waals surface area (Å²) >= 11 is 0. The van der Waals surface area contributed by atoms with Gasteiger partial charge in [-0.1, -0.05) is 6.07 Å². The molecule has 2 aromatic rings. The Hall–Kier alpha value is -2.41. The van der Waals surface area contributed by atoms with E-state index < -0.39 is 0 Å². The van der Waals surface area contributed by atoms with Crippen LogP contribution in [0.3, 0.4) is 0 Å². The van der Waals surface area contributed by atoms with Crippen molar-refractivity contribution >= 4 is 11.8 Å². The van der Waals surface area contributed by atoms with Gasteiger partial charge in [0.1, 0.15) is 5.82 Å². The predicted molar refractivity (Wildman–Crippen MR) is 83.5 cm³/mol. The minimum Gasteiger partial charge on any atom is -0.340 e. The zero-order valence-corrected chi connectivity index (χ0v) is 12.7. The highest BCUT2D eigenvalue weighted by atomic mass is 16.2. The van der Waals surface area contributed by atoms with Gasteiger partial charge in [0.25, 0.3) is 0 Å². The lowest BCUT2D eigenvalue weighted by Crippen LogP contribution is -2.35. The molecule has 1 fully saturated rings. The number of anilines is 1. The molecule has 2 amide bonds. The van der Waals surface area contributed by atoms with E-state index in [4.69, 9.17) is 5.73 Å². The fourth-order valence-electron chi connectivity index (χ4n) is 2.73. The molecule has 0 aliphatic carbocycles. The molecule has 0 radical (unpaired) electrons. The lowest BCUT2D eigenvalue weighted by atomic mass is 10.0. The second-order valence-electron chi connectivity index (χ2n) is 5.73. The number of hydrogen-bond donors (Lipinski definition) is 2. The van der Waals surface area contributed by atoms with Gasteiger partial charge in [-0.2, -0.15) is 0 Å². The maximum Gasteiger partial charge on any atom is 0.323 e. The van der Waals surface area contributed by atoms with Gasteiger partial charge in [0, 0.05) is 44.0 Å². The average molecular weight is 300 g/mol. The van der Waals surface area contributed by atoms with Crippen molar-refractivity contribution in [2.45, 2.75) is 18.9 Å². The van der Waals surface area contributed by atoms with E-state index in [1.54, 1.807) is 17.3 Å². The fourth-order valence-corrected chi connectivity index (χ4v) is 2.73. The number of nitrogens with zero attached hydrogens (tertiary/aromatic N) is 4. The van der Waals surface area contributed by atoms with Gasteiger partial charge in [0.15, 0.2) is 0 Å². The smallest absolute Gasteiger partial charge is 0.323 e. The Balaban J connectivity index is 1.67. The summed E-state index contributed by atoms with van der Waals surface area (Å²) in [6.45, 7) is 2.97. The third-order valence-corrected chi connectivity index (χ3v) is 3.88. The van der Waals surface area contributed by atoms with Crippen molar-refractivity contribution in [2.75, 3.05) is 18.4 Å². The van der Waals surface area contributed by atoms with Crippen LogP contribution in [-0.4, -0.2) is 44.6 Å². The monoisotopic (exact) mass is 300 g/mol. The average Bonchev–Trinajstić information content (AvgIpc) is 3.05. The standard InChI is InChI=1S/C15H20N6O/c1-10-4-3-5-14(18-10)19-15(22)21-6-11(12(16)7-21)13-8-20(2)9-17-13/h3-5,8-9,11-12H,6-7,16H2,1-2H3,(H,18,19,22)/t11-,12-/m1/s1. The van der Waals surface area contributed by atoms with Crippen molar-refractivity contribution in [3.8, 4) is 0 Å². The number of imidazole rings is 1. The van der Waals surface area contributed by atoms with Crippen LogP contribution in [0.2, 0.25) is 0 Å². The number of nitrogens with two attached hydrogens (primary N) is 1. The fraction of sp³-hybridized carbons (Fsp3) is 0.400. The first kappa shape index (κ1) is 14.5. The van der Waals surface area contributed by atoms with E-state index in [1.807, 2.05) is 36.9 Å². The Morgan fingerprint density at radius 2 is 2.23 bits per heavy atom. The summed E-state index contributed by atoms with van der Waals surface area (Å²) in [5, 5.41) is 2.82. The number of carbonyl (C=O) groups is 1. The quantitative estimate of drug-likeness (QED) is 0.868. The molecule has 3 N–H and O–H groups in total. The van der Waals surface area contributed by atoms with Crippen LogP contribution in [0.15, 0.2) is 30.7 Å². The summed E-state index contributed by atoms with van der Waals surface area (Å²) in [6.07, 6.45) is 3.70. The van der Waals surface area contributed by atoms with Crippen molar-refractivity contribution < 1.29 is 4.79 Å². The molecule has 7 heteroatoms. The van der Waals surface area contributed by atoms with Gasteiger partial charge in [0.05, 0.1) is 12.0 Å². The number of urea groups is 1. The van der Waals surface area contributed by atoms with E-state index >= 15 is 0 Å². The van der Waals surface area contributed by atoms with Crippen molar-refractivity contribution in [3.05, 3.63) is 42.1 Å². The second kappa shape index (κ2) is 5.76. The van der Waals surface area contributed by atoms with Gasteiger partial charge < -0.3 is 15.2 Å². The van der Waals surface area contributed by atoms with Crippen molar-refractivity contribution in [3.63, 3.8) is 0 Å². The highest BCUT2D eigenvalue weighted by molar-refractivity contribution is 5.88. The molecular formula is C15H20N6O. The third kappa shape index (κ3) is 2.94. The molecule has 116 valence electrons. The largest absolute Gasteiger partial charge is 0.340 e. The second-order valence-corrected chi connectivity index (χ2v) is 5.73. The van der Waals surface area contributed by atoms with Gasteiger partial charge in [-0.15, -0.1) is 0 Å². The molecule has 2 aromatic heterocycles. The number of hydrogen-bond acceptors (Lipinski definition) is 4. The highest BCUT2D eigenvalue weighted by Crippen LogP contribution is 2.25. The minimum atomic E-state index is -0.174. The Morgan fingerprint density at radius 3 is 2.91 bits per heavy atom. The molecule has 0 saturated carbocycles. The zero-order chi connectivity index (χ0) is 15.7. The summed E-state index contributed by atoms with van der Waals surface area (Å²) in [5.41, 5.74) is 7.97. The number of rotatable bonds is 2. The van der Waals surface area contributed by atoms with E-state index in [-0.39, 0.29) is 18.0 Å². The molecule has 0 spiro atoms. The molecule has 3 heterocycles. The molecule has 1 aliphatic rings. The zero-order valence-electron chi connectivity index (χ0n) is 12.7. The maximum atomic E-state index is 12.3. The Labute approximate surface area is 129 Å². The molecule has 1 aliphatic heterocycles. The minimum absolute atomic E-state index is 0.0671. The highest BCUT2D eigenvalue weighted by Gasteiger charge is 2.35. The van der Waals surface area contributed by atoms with Crippen LogP contribution in [0, 0.1) is 6.92 Å². The van der Waals surface area contributed by atoms with E-state index in [2.05, 4.69) is 15.3 Å². The molecule has 0 aromatic carbocycles. The van der Waals surface area contributed by atoms with E-state index in [0.717, 1.165) is 11.4 Å². The van der Waals surface area contributed by atoms with Gasteiger partial charge in [-0.25, -0.2) is 14.8 Å². The van der Waals surface area contributed by atoms with E-state index in [0.29, 0.717) is 18.9 Å². The first-order valence-corrected chi connectivity index (χ1v) is 7.26. The number of nitrogens with one attached hydrogen (secondary N) is 1. The maximum absolute atomic E-state index is 12.3. The van der Waals surface area contributed by atoms with E-state index in [1.165, 1.54) is 0 Å². The van der Waals surface area contributed by atoms with Crippen LogP contribution in [0.5, 0.6) is 0 Å². The Bertz CT molecular complexity index is 682. The third-order valence-electron chi connectivity index (χ3n) is 3.88. The first-order valence-electron chi connectivity index (χ1n) is 7.26. The molecule has 0 unspecified atom stereocenters. The summed E-state index contributed by atoms with van der Waals surface area (Å²) < 4.78 is 1.89. The molecule has 3 rings (SSSR count). The molecule has 1 saturated heterocycles. The van der Waals surface area contributed by atoms with Gasteiger partial charge >= 0.3 is 6.03 Å². The Morgan fingerprint density at radius 1 is 1.41 bits per heavy atom. The van der Waals surface area contributed by atoms with Crippen molar-refractivity contribution in [1.82, 2.24) is 19.4 Å². The molecular weight excluding hydrogens is 280 g/mol. The van der Waals surface area contributed by atoms with Crippen LogP contribution >= 0.6 is 0 Å². The summed E-state index contributed by atoms with van der Waals surface area (Å²) in [5.74, 6) is 0.622. The number of carbonyl (C=O) groups excluding carboxylic acids is 1. The molecule has 0 bridgehead atoms. The number of likely N-dealkylation sites (tertiary alicyclic amines) is 1. The first-order chi connectivity index (χ1) is 10.5. The Kier molecular flexibility index (Phi) is 3.81. The van der Waals surface area contributed by atoms with Gasteiger partial charge in [-0.3, -0.25) is 5.32 Å². The van der Waals surface area contributed by atoms with Crippen molar-refractivity contribution in [1.29, 1.82) is 0 Å². The van der Waals surface area contributed by atoms with Crippen LogP contribution in [-0.2, 0) is 7.05 Å². The molecule has 2 atom stereocenters. The van der Waals surface area contributed by atoms with Crippen LogP contribution in [0.25, 0.3) is 0 Å². The van der Waals surface area contributed by atoms with Crippen LogP contribution < -0.4 is 11.1 Å². The van der Waals surface area contributed by atoms with Crippen LogP contribution in [0.4, 0.5) is 10.6 Å². The van der Waals surface area contributed by atoms with Gasteiger partial charge in [0.2, 0.25) is 0 Å². The molecule has 7 nitrogen and oxygen atoms in total. The number of aromatic nitrogens is 3. The summed E-state index contributed by atoms with van der Waals surface area (Å²) in [7, 11) is 1.92. The molecule has 22 heavy (non-hydrogen) atoms. The summed E-state index contributed by atoms with van der Waals surface area (Å²) in [4.78, 5) is 22.7. The topological polar surface area (TPSA) is 89.1 Å². The van der Waals surface area contributed by atoms with Crippen molar-refractivity contribution in [2.24, 2.45) is 12.8 Å².